The first-order chi connectivity index (χ1) is 10.9. The number of benzene rings is 1. The van der Waals surface area contributed by atoms with Gasteiger partial charge in [0.05, 0.1) is 11.1 Å². The first kappa shape index (κ1) is 17.8. The van der Waals surface area contributed by atoms with Crippen LogP contribution in [0.15, 0.2) is 24.3 Å². The smallest absolute Gasteiger partial charge is 0.352 e. The largest absolute Gasteiger partial charge is 0.417 e. The van der Waals surface area contributed by atoms with Crippen molar-refractivity contribution in [3.05, 3.63) is 35.4 Å². The monoisotopic (exact) mass is 328 g/mol. The Labute approximate surface area is 134 Å². The molecule has 0 unspecified atom stereocenters. The zero-order chi connectivity index (χ0) is 16.9. The molecule has 1 heterocycles. The molecule has 3 nitrogen and oxygen atoms in total. The minimum absolute atomic E-state index is 0.313. The van der Waals surface area contributed by atoms with E-state index >= 15 is 0 Å². The number of alkyl halides is 3. The maximum Gasteiger partial charge on any atom is 0.417 e. The van der Waals surface area contributed by atoms with Crippen molar-refractivity contribution in [3.63, 3.8) is 0 Å². The number of hydrogen-bond acceptors (Lipinski definition) is 2. The molecule has 128 valence electrons. The summed E-state index contributed by atoms with van der Waals surface area (Å²) in [7, 11) is 0. The fourth-order valence-corrected chi connectivity index (χ4v) is 2.81. The lowest BCUT2D eigenvalue weighted by Crippen LogP contribution is -2.35. The Kier molecular flexibility index (Phi) is 6.04. The fraction of sp³-hybridized carbons (Fsp3) is 0.588. The van der Waals surface area contributed by atoms with E-state index < -0.39 is 17.6 Å². The Hall–Kier alpha value is -1.56. The first-order valence-corrected chi connectivity index (χ1v) is 8.04. The molecule has 2 rings (SSSR count). The number of nitrogens with one attached hydrogen (secondary N) is 1. The Morgan fingerprint density at radius 2 is 1.91 bits per heavy atom. The minimum Gasteiger partial charge on any atom is -0.352 e. The molecule has 1 saturated heterocycles. The van der Waals surface area contributed by atoms with Crippen LogP contribution >= 0.6 is 0 Å². The molecule has 1 N–H and O–H groups in total. The highest BCUT2D eigenvalue weighted by Crippen LogP contribution is 2.31. The fourth-order valence-electron chi connectivity index (χ4n) is 2.81. The SMILES string of the molecule is CC1CCN(CCCNC(=O)c2ccccc2C(F)(F)F)CC1. The number of hydrogen-bond donors (Lipinski definition) is 1. The van der Waals surface area contributed by atoms with E-state index in [2.05, 4.69) is 17.1 Å². The summed E-state index contributed by atoms with van der Waals surface area (Å²) < 4.78 is 38.7. The average Bonchev–Trinajstić information content (AvgIpc) is 2.52. The highest BCUT2D eigenvalue weighted by Gasteiger charge is 2.34. The number of carbonyl (C=O) groups is 1. The summed E-state index contributed by atoms with van der Waals surface area (Å²) in [6.45, 7) is 5.62. The zero-order valence-corrected chi connectivity index (χ0v) is 13.3. The van der Waals surface area contributed by atoms with Gasteiger partial charge in [0.1, 0.15) is 0 Å². The number of amides is 1. The highest BCUT2D eigenvalue weighted by atomic mass is 19.4. The molecule has 0 aliphatic carbocycles. The third kappa shape index (κ3) is 5.23. The molecule has 23 heavy (non-hydrogen) atoms. The van der Waals surface area contributed by atoms with Gasteiger partial charge in [-0.1, -0.05) is 19.1 Å². The number of likely N-dealkylation sites (tertiary alicyclic amines) is 1. The van der Waals surface area contributed by atoms with E-state index in [9.17, 15) is 18.0 Å². The molecule has 0 atom stereocenters. The number of rotatable bonds is 5. The molecular weight excluding hydrogens is 305 g/mol. The molecule has 0 bridgehead atoms. The van der Waals surface area contributed by atoms with Crippen molar-refractivity contribution in [2.24, 2.45) is 5.92 Å². The topological polar surface area (TPSA) is 32.3 Å². The van der Waals surface area contributed by atoms with Crippen LogP contribution in [-0.4, -0.2) is 37.0 Å². The van der Waals surface area contributed by atoms with E-state index in [-0.39, 0.29) is 5.56 Å². The van der Waals surface area contributed by atoms with Crippen LogP contribution in [0.2, 0.25) is 0 Å². The normalized spacial score (nSPS) is 17.2. The summed E-state index contributed by atoms with van der Waals surface area (Å²) in [4.78, 5) is 14.3. The van der Waals surface area contributed by atoms with Crippen molar-refractivity contribution in [3.8, 4) is 0 Å². The predicted molar refractivity (Wildman–Crippen MR) is 83.2 cm³/mol. The quantitative estimate of drug-likeness (QED) is 0.838. The lowest BCUT2D eigenvalue weighted by atomic mass is 9.99. The second-order valence-electron chi connectivity index (χ2n) is 6.18. The molecular formula is C17H23F3N2O. The summed E-state index contributed by atoms with van der Waals surface area (Å²) in [5, 5.41) is 2.59. The van der Waals surface area contributed by atoms with Crippen LogP contribution in [0, 0.1) is 5.92 Å². The van der Waals surface area contributed by atoms with Gasteiger partial charge in [0, 0.05) is 6.54 Å². The first-order valence-electron chi connectivity index (χ1n) is 8.04. The molecule has 1 aliphatic rings. The van der Waals surface area contributed by atoms with E-state index in [1.807, 2.05) is 0 Å². The number of piperidine rings is 1. The van der Waals surface area contributed by atoms with Crippen LogP contribution in [-0.2, 0) is 6.18 Å². The molecule has 0 aromatic heterocycles. The molecule has 1 amide bonds. The van der Waals surface area contributed by atoms with Gasteiger partial charge in [0.15, 0.2) is 0 Å². The van der Waals surface area contributed by atoms with E-state index in [1.165, 1.54) is 31.0 Å². The van der Waals surface area contributed by atoms with E-state index in [0.29, 0.717) is 6.54 Å². The van der Waals surface area contributed by atoms with Crippen LogP contribution in [0.1, 0.15) is 42.1 Å². The molecule has 1 aromatic carbocycles. The maximum absolute atomic E-state index is 12.9. The third-order valence-corrected chi connectivity index (χ3v) is 4.29. The minimum atomic E-state index is -4.52. The van der Waals surface area contributed by atoms with Gasteiger partial charge in [0.2, 0.25) is 0 Å². The molecule has 0 radical (unpaired) electrons. The zero-order valence-electron chi connectivity index (χ0n) is 13.3. The summed E-state index contributed by atoms with van der Waals surface area (Å²) in [6, 6.07) is 4.88. The van der Waals surface area contributed by atoms with Crippen LogP contribution in [0.4, 0.5) is 13.2 Å². The van der Waals surface area contributed by atoms with Gasteiger partial charge in [-0.25, -0.2) is 0 Å². The van der Waals surface area contributed by atoms with Crippen LogP contribution < -0.4 is 5.32 Å². The van der Waals surface area contributed by atoms with Crippen LogP contribution in [0.5, 0.6) is 0 Å². The van der Waals surface area contributed by atoms with Crippen molar-refractivity contribution in [1.82, 2.24) is 10.2 Å². The van der Waals surface area contributed by atoms with Crippen LogP contribution in [0.25, 0.3) is 0 Å². The summed E-state index contributed by atoms with van der Waals surface area (Å²) in [6.07, 6.45) is -1.40. The van der Waals surface area contributed by atoms with Gasteiger partial charge < -0.3 is 10.2 Å². The lowest BCUT2D eigenvalue weighted by Gasteiger charge is -2.30. The Balaban J connectivity index is 1.79. The molecule has 1 aliphatic heterocycles. The Bertz CT molecular complexity index is 523. The van der Waals surface area contributed by atoms with Crippen molar-refractivity contribution in [2.45, 2.75) is 32.4 Å². The van der Waals surface area contributed by atoms with E-state index in [0.717, 1.165) is 38.0 Å². The average molecular weight is 328 g/mol. The van der Waals surface area contributed by atoms with Gasteiger partial charge in [-0.15, -0.1) is 0 Å². The molecule has 1 fully saturated rings. The summed E-state index contributed by atoms with van der Waals surface area (Å²) in [5.74, 6) is 0.106. The van der Waals surface area contributed by atoms with Gasteiger partial charge in [-0.3, -0.25) is 4.79 Å². The van der Waals surface area contributed by atoms with Gasteiger partial charge in [0.25, 0.3) is 5.91 Å². The second kappa shape index (κ2) is 7.81. The predicted octanol–water partition coefficient (Wildman–Crippen LogP) is 3.56. The van der Waals surface area contributed by atoms with Crippen molar-refractivity contribution in [2.75, 3.05) is 26.2 Å². The lowest BCUT2D eigenvalue weighted by molar-refractivity contribution is -0.137. The Morgan fingerprint density at radius 1 is 1.26 bits per heavy atom. The van der Waals surface area contributed by atoms with Gasteiger partial charge in [-0.2, -0.15) is 13.2 Å². The van der Waals surface area contributed by atoms with Crippen molar-refractivity contribution >= 4 is 5.91 Å². The van der Waals surface area contributed by atoms with Gasteiger partial charge >= 0.3 is 6.18 Å². The standard InChI is InChI=1S/C17H23F3N2O/c1-13-7-11-22(12-8-13)10-4-9-21-16(23)14-5-2-3-6-15(14)17(18,19)20/h2-3,5-6,13H,4,7-12H2,1H3,(H,21,23). The third-order valence-electron chi connectivity index (χ3n) is 4.29. The number of carbonyl (C=O) groups excluding carboxylic acids is 1. The maximum atomic E-state index is 12.9. The van der Waals surface area contributed by atoms with E-state index in [1.54, 1.807) is 0 Å². The van der Waals surface area contributed by atoms with Gasteiger partial charge in [-0.05, 0) is 56.9 Å². The molecule has 0 spiro atoms. The highest BCUT2D eigenvalue weighted by molar-refractivity contribution is 5.95. The second-order valence-corrected chi connectivity index (χ2v) is 6.18. The summed E-state index contributed by atoms with van der Waals surface area (Å²) >= 11 is 0. The molecule has 0 saturated carbocycles. The number of nitrogens with zero attached hydrogens (tertiary/aromatic N) is 1. The van der Waals surface area contributed by atoms with Crippen molar-refractivity contribution < 1.29 is 18.0 Å². The van der Waals surface area contributed by atoms with E-state index in [4.69, 9.17) is 0 Å². The molecule has 6 heteroatoms. The summed E-state index contributed by atoms with van der Waals surface area (Å²) in [5.41, 5.74) is -1.20. The van der Waals surface area contributed by atoms with Crippen molar-refractivity contribution in [1.29, 1.82) is 0 Å². The van der Waals surface area contributed by atoms with Crippen LogP contribution in [0.3, 0.4) is 0 Å². The Morgan fingerprint density at radius 3 is 2.57 bits per heavy atom. The number of halogens is 3. The molecule has 1 aromatic rings.